The van der Waals surface area contributed by atoms with Crippen molar-refractivity contribution >= 4 is 29.2 Å². The van der Waals surface area contributed by atoms with Crippen LogP contribution >= 0.6 is 11.6 Å². The quantitative estimate of drug-likeness (QED) is 0.845. The number of nitrogens with one attached hydrogen (secondary N) is 1. The van der Waals surface area contributed by atoms with Crippen LogP contribution in [0.2, 0.25) is 5.02 Å². The Morgan fingerprint density at radius 1 is 1.35 bits per heavy atom. The number of ether oxygens (including phenoxy) is 2. The smallest absolute Gasteiger partial charge is 0.339 e. The Kier molecular flexibility index (Phi) is 5.66. The number of halogens is 1. The maximum Gasteiger partial charge on any atom is 0.339 e. The summed E-state index contributed by atoms with van der Waals surface area (Å²) in [7, 11) is 0. The number of anilines is 1. The van der Waals surface area contributed by atoms with Crippen molar-refractivity contribution in [3.63, 3.8) is 0 Å². The lowest BCUT2D eigenvalue weighted by atomic mass is 10.1. The first-order chi connectivity index (χ1) is 10.9. The predicted octanol–water partition coefficient (Wildman–Crippen LogP) is 3.93. The number of rotatable bonds is 4. The summed E-state index contributed by atoms with van der Waals surface area (Å²) in [5, 5.41) is 3.06. The number of amides is 1. The SMILES string of the molecule is CC1=C(C(=O)Nc2ccc(Cl)c(C(=O)OC(C)C)c2)CCCO1. The third-order valence-electron chi connectivity index (χ3n) is 3.38. The Bertz CT molecular complexity index is 652. The van der Waals surface area contributed by atoms with Gasteiger partial charge >= 0.3 is 5.97 Å². The lowest BCUT2D eigenvalue weighted by Crippen LogP contribution is -2.20. The minimum absolute atomic E-state index is 0.226. The third kappa shape index (κ3) is 4.48. The first kappa shape index (κ1) is 17.3. The normalized spacial score (nSPS) is 14.5. The van der Waals surface area contributed by atoms with Crippen molar-refractivity contribution in [2.24, 2.45) is 0 Å². The molecule has 0 spiro atoms. The zero-order valence-electron chi connectivity index (χ0n) is 13.4. The molecule has 1 amide bonds. The van der Waals surface area contributed by atoms with E-state index in [1.165, 1.54) is 6.07 Å². The van der Waals surface area contributed by atoms with Crippen LogP contribution in [-0.2, 0) is 14.3 Å². The molecule has 23 heavy (non-hydrogen) atoms. The van der Waals surface area contributed by atoms with Crippen molar-refractivity contribution < 1.29 is 19.1 Å². The van der Waals surface area contributed by atoms with Crippen LogP contribution in [0.15, 0.2) is 29.5 Å². The molecule has 0 aromatic heterocycles. The van der Waals surface area contributed by atoms with Crippen molar-refractivity contribution in [3.8, 4) is 0 Å². The number of hydrogen-bond acceptors (Lipinski definition) is 4. The molecule has 0 radical (unpaired) electrons. The van der Waals surface area contributed by atoms with Gasteiger partial charge in [0.15, 0.2) is 0 Å². The summed E-state index contributed by atoms with van der Waals surface area (Å²) in [4.78, 5) is 24.3. The fourth-order valence-electron chi connectivity index (χ4n) is 2.25. The second-order valence-corrected chi connectivity index (χ2v) is 6.00. The van der Waals surface area contributed by atoms with Gasteiger partial charge in [0.05, 0.1) is 28.9 Å². The first-order valence-electron chi connectivity index (χ1n) is 7.53. The monoisotopic (exact) mass is 337 g/mol. The summed E-state index contributed by atoms with van der Waals surface area (Å²) >= 11 is 6.04. The van der Waals surface area contributed by atoms with E-state index < -0.39 is 5.97 Å². The molecule has 6 heteroatoms. The molecule has 1 aliphatic rings. The number of benzene rings is 1. The molecule has 0 bridgehead atoms. The first-order valence-corrected chi connectivity index (χ1v) is 7.90. The zero-order valence-corrected chi connectivity index (χ0v) is 14.2. The third-order valence-corrected chi connectivity index (χ3v) is 3.71. The highest BCUT2D eigenvalue weighted by Crippen LogP contribution is 2.24. The van der Waals surface area contributed by atoms with Gasteiger partial charge in [-0.25, -0.2) is 4.79 Å². The Hall–Kier alpha value is -2.01. The van der Waals surface area contributed by atoms with Gasteiger partial charge in [0, 0.05) is 5.69 Å². The summed E-state index contributed by atoms with van der Waals surface area (Å²) in [5.41, 5.74) is 1.34. The summed E-state index contributed by atoms with van der Waals surface area (Å²) in [5.74, 6) is -0.104. The van der Waals surface area contributed by atoms with Crippen molar-refractivity contribution in [1.82, 2.24) is 0 Å². The highest BCUT2D eigenvalue weighted by atomic mass is 35.5. The van der Waals surface area contributed by atoms with Crippen LogP contribution in [0.5, 0.6) is 0 Å². The highest BCUT2D eigenvalue weighted by molar-refractivity contribution is 6.33. The molecular formula is C17H20ClNO4. The van der Waals surface area contributed by atoms with Gasteiger partial charge in [0.2, 0.25) is 0 Å². The molecule has 124 valence electrons. The van der Waals surface area contributed by atoms with Gasteiger partial charge in [-0.2, -0.15) is 0 Å². The van der Waals surface area contributed by atoms with Crippen molar-refractivity contribution in [2.75, 3.05) is 11.9 Å². The van der Waals surface area contributed by atoms with Crippen molar-refractivity contribution in [2.45, 2.75) is 39.7 Å². The van der Waals surface area contributed by atoms with E-state index in [1.54, 1.807) is 32.9 Å². The van der Waals surface area contributed by atoms with Crippen LogP contribution in [0.25, 0.3) is 0 Å². The highest BCUT2D eigenvalue weighted by Gasteiger charge is 2.19. The second-order valence-electron chi connectivity index (χ2n) is 5.59. The maximum atomic E-state index is 12.3. The van der Waals surface area contributed by atoms with Gasteiger partial charge < -0.3 is 14.8 Å². The molecule has 0 aliphatic carbocycles. The largest absolute Gasteiger partial charge is 0.498 e. The van der Waals surface area contributed by atoms with Crippen LogP contribution in [0.1, 0.15) is 44.0 Å². The van der Waals surface area contributed by atoms with E-state index in [2.05, 4.69) is 5.32 Å². The maximum absolute atomic E-state index is 12.3. The zero-order chi connectivity index (χ0) is 17.0. The number of carbonyl (C=O) groups excluding carboxylic acids is 2. The topological polar surface area (TPSA) is 64.6 Å². The molecular weight excluding hydrogens is 318 g/mol. The van der Waals surface area contributed by atoms with E-state index in [4.69, 9.17) is 21.1 Å². The molecule has 1 aromatic carbocycles. The predicted molar refractivity (Wildman–Crippen MR) is 88.5 cm³/mol. The minimum atomic E-state index is -0.516. The summed E-state index contributed by atoms with van der Waals surface area (Å²) in [6, 6.07) is 4.73. The van der Waals surface area contributed by atoms with E-state index in [0.717, 1.165) is 6.42 Å². The second kappa shape index (κ2) is 7.51. The van der Waals surface area contributed by atoms with E-state index in [9.17, 15) is 9.59 Å². The fourth-order valence-corrected chi connectivity index (χ4v) is 2.45. The lowest BCUT2D eigenvalue weighted by Gasteiger charge is -2.18. The number of hydrogen-bond donors (Lipinski definition) is 1. The molecule has 0 saturated heterocycles. The average molecular weight is 338 g/mol. The van der Waals surface area contributed by atoms with Crippen LogP contribution in [0.3, 0.4) is 0 Å². The standard InChI is InChI=1S/C17H20ClNO4/c1-10(2)23-17(21)14-9-12(6-7-15(14)18)19-16(20)13-5-4-8-22-11(13)3/h6-7,9-10H,4-5,8H2,1-3H3,(H,19,20). The van der Waals surface area contributed by atoms with Crippen LogP contribution in [0, 0.1) is 0 Å². The van der Waals surface area contributed by atoms with E-state index in [1.807, 2.05) is 0 Å². The van der Waals surface area contributed by atoms with Crippen LogP contribution in [0.4, 0.5) is 5.69 Å². The molecule has 0 saturated carbocycles. The van der Waals surface area contributed by atoms with Crippen LogP contribution < -0.4 is 5.32 Å². The number of esters is 1. The van der Waals surface area contributed by atoms with Gasteiger partial charge in [0.25, 0.3) is 5.91 Å². The Labute approximate surface area is 140 Å². The van der Waals surface area contributed by atoms with E-state index >= 15 is 0 Å². The van der Waals surface area contributed by atoms with Crippen LogP contribution in [-0.4, -0.2) is 24.6 Å². The Morgan fingerprint density at radius 3 is 2.74 bits per heavy atom. The molecule has 0 unspecified atom stereocenters. The summed E-state index contributed by atoms with van der Waals surface area (Å²) < 4.78 is 10.5. The summed E-state index contributed by atoms with van der Waals surface area (Å²) in [6.45, 7) is 5.93. The van der Waals surface area contributed by atoms with E-state index in [0.29, 0.717) is 30.0 Å². The average Bonchev–Trinajstić information content (AvgIpc) is 2.48. The Morgan fingerprint density at radius 2 is 2.09 bits per heavy atom. The lowest BCUT2D eigenvalue weighted by molar-refractivity contribution is -0.113. The summed E-state index contributed by atoms with van der Waals surface area (Å²) in [6.07, 6.45) is 1.24. The Balaban J connectivity index is 2.18. The molecule has 1 aliphatic heterocycles. The van der Waals surface area contributed by atoms with Gasteiger partial charge in [-0.15, -0.1) is 0 Å². The fraction of sp³-hybridized carbons (Fsp3) is 0.412. The molecule has 1 N–H and O–H groups in total. The minimum Gasteiger partial charge on any atom is -0.498 e. The molecule has 5 nitrogen and oxygen atoms in total. The van der Waals surface area contributed by atoms with Gasteiger partial charge in [-0.05, 0) is 51.8 Å². The number of carbonyl (C=O) groups is 2. The van der Waals surface area contributed by atoms with Crippen molar-refractivity contribution in [3.05, 3.63) is 40.1 Å². The molecule has 1 aromatic rings. The molecule has 1 heterocycles. The van der Waals surface area contributed by atoms with Gasteiger partial charge in [0.1, 0.15) is 5.76 Å². The van der Waals surface area contributed by atoms with Gasteiger partial charge in [-0.3, -0.25) is 4.79 Å². The van der Waals surface area contributed by atoms with E-state index in [-0.39, 0.29) is 22.6 Å². The number of allylic oxidation sites excluding steroid dienone is 1. The van der Waals surface area contributed by atoms with Gasteiger partial charge in [-0.1, -0.05) is 11.6 Å². The molecule has 0 fully saturated rings. The molecule has 2 rings (SSSR count). The van der Waals surface area contributed by atoms with Crippen molar-refractivity contribution in [1.29, 1.82) is 0 Å². The molecule has 0 atom stereocenters.